The first-order valence-corrected chi connectivity index (χ1v) is 17.9. The van der Waals surface area contributed by atoms with Gasteiger partial charge >= 0.3 is 0 Å². The van der Waals surface area contributed by atoms with E-state index in [9.17, 15) is 18.0 Å². The number of rotatable bonds is 14. The molecule has 0 unspecified atom stereocenters. The van der Waals surface area contributed by atoms with Gasteiger partial charge in [0, 0.05) is 39.6 Å². The van der Waals surface area contributed by atoms with E-state index in [0.29, 0.717) is 26.6 Å². The highest BCUT2D eigenvalue weighted by molar-refractivity contribution is 9.10. The number of carbonyl (C=O) groups excluding carboxylic acids is 2. The zero-order valence-electron chi connectivity index (χ0n) is 25.6. The van der Waals surface area contributed by atoms with Crippen molar-refractivity contribution in [3.8, 4) is 0 Å². The molecular weight excluding hydrogens is 709 g/mol. The maximum Gasteiger partial charge on any atom is 0.264 e. The van der Waals surface area contributed by atoms with Crippen molar-refractivity contribution in [2.24, 2.45) is 0 Å². The van der Waals surface area contributed by atoms with E-state index >= 15 is 0 Å². The molecule has 0 heterocycles. The molecule has 1 atom stereocenters. The summed E-state index contributed by atoms with van der Waals surface area (Å²) in [6, 6.07) is 26.5. The van der Waals surface area contributed by atoms with Gasteiger partial charge in [0.1, 0.15) is 12.6 Å². The van der Waals surface area contributed by atoms with E-state index in [0.717, 1.165) is 28.3 Å². The lowest BCUT2D eigenvalue weighted by atomic mass is 10.0. The highest BCUT2D eigenvalue weighted by atomic mass is 79.9. The fourth-order valence-corrected chi connectivity index (χ4v) is 7.22. The van der Waals surface area contributed by atoms with Crippen LogP contribution in [-0.4, -0.2) is 44.3 Å². The Morgan fingerprint density at radius 2 is 1.54 bits per heavy atom. The third-order valence-electron chi connectivity index (χ3n) is 7.47. The molecule has 0 saturated heterocycles. The van der Waals surface area contributed by atoms with E-state index in [1.807, 2.05) is 44.2 Å². The van der Waals surface area contributed by atoms with Gasteiger partial charge in [-0.25, -0.2) is 8.42 Å². The molecule has 46 heavy (non-hydrogen) atoms. The van der Waals surface area contributed by atoms with Crippen LogP contribution < -0.4 is 9.62 Å². The van der Waals surface area contributed by atoms with Gasteiger partial charge in [0.15, 0.2) is 0 Å². The van der Waals surface area contributed by atoms with Crippen LogP contribution in [0.5, 0.6) is 0 Å². The third-order valence-corrected chi connectivity index (χ3v) is 10.5. The van der Waals surface area contributed by atoms with Gasteiger partial charge in [0.25, 0.3) is 10.0 Å². The summed E-state index contributed by atoms with van der Waals surface area (Å²) in [6.45, 7) is 3.62. The Labute approximate surface area is 289 Å². The fourth-order valence-electron chi connectivity index (χ4n) is 4.91. The number of sulfonamides is 1. The van der Waals surface area contributed by atoms with Gasteiger partial charge in [0.05, 0.1) is 10.6 Å². The third kappa shape index (κ3) is 9.12. The molecule has 0 aliphatic carbocycles. The summed E-state index contributed by atoms with van der Waals surface area (Å²) in [5.74, 6) is -0.956. The maximum atomic E-state index is 14.6. The number of carbonyl (C=O) groups is 2. The van der Waals surface area contributed by atoms with Crippen LogP contribution >= 0.6 is 39.1 Å². The number of benzene rings is 4. The Balaban J connectivity index is 1.82. The van der Waals surface area contributed by atoms with Crippen molar-refractivity contribution in [3.63, 3.8) is 0 Å². The second-order valence-electron chi connectivity index (χ2n) is 10.9. The number of nitrogens with one attached hydrogen (secondary N) is 1. The lowest BCUT2D eigenvalue weighted by Gasteiger charge is -2.34. The van der Waals surface area contributed by atoms with E-state index < -0.39 is 28.5 Å². The van der Waals surface area contributed by atoms with Crippen molar-refractivity contribution in [3.05, 3.63) is 128 Å². The number of halogens is 3. The molecule has 0 aromatic heterocycles. The zero-order chi connectivity index (χ0) is 33.3. The second-order valence-corrected chi connectivity index (χ2v) is 14.5. The lowest BCUT2D eigenvalue weighted by molar-refractivity contribution is -0.140. The summed E-state index contributed by atoms with van der Waals surface area (Å²) in [5.41, 5.74) is 2.46. The first-order chi connectivity index (χ1) is 22.0. The molecule has 0 aliphatic rings. The number of hydrogen-bond acceptors (Lipinski definition) is 4. The first-order valence-electron chi connectivity index (χ1n) is 14.9. The molecule has 0 fully saturated rings. The van der Waals surface area contributed by atoms with Crippen molar-refractivity contribution in [2.45, 2.75) is 50.6 Å². The van der Waals surface area contributed by atoms with E-state index in [4.69, 9.17) is 23.2 Å². The molecule has 0 saturated carbocycles. The van der Waals surface area contributed by atoms with Gasteiger partial charge in [-0.1, -0.05) is 113 Å². The van der Waals surface area contributed by atoms with Gasteiger partial charge in [-0.05, 0) is 61.4 Å². The van der Waals surface area contributed by atoms with Crippen LogP contribution in [0, 0.1) is 6.92 Å². The van der Waals surface area contributed by atoms with E-state index in [1.54, 1.807) is 54.6 Å². The minimum atomic E-state index is -4.22. The molecule has 0 bridgehead atoms. The average Bonchev–Trinajstić information content (AvgIpc) is 3.03. The van der Waals surface area contributed by atoms with Gasteiger partial charge in [-0.2, -0.15) is 0 Å². The molecule has 7 nitrogen and oxygen atoms in total. The van der Waals surface area contributed by atoms with Crippen molar-refractivity contribution < 1.29 is 18.0 Å². The molecule has 0 spiro atoms. The van der Waals surface area contributed by atoms with Gasteiger partial charge < -0.3 is 10.2 Å². The normalized spacial score (nSPS) is 11.9. The van der Waals surface area contributed by atoms with Crippen molar-refractivity contribution in [1.82, 2.24) is 10.2 Å². The van der Waals surface area contributed by atoms with Crippen LogP contribution in [0.4, 0.5) is 5.69 Å². The lowest BCUT2D eigenvalue weighted by Crippen LogP contribution is -2.53. The smallest absolute Gasteiger partial charge is 0.264 e. The summed E-state index contributed by atoms with van der Waals surface area (Å²) < 4.78 is 30.0. The van der Waals surface area contributed by atoms with Crippen molar-refractivity contribution in [1.29, 1.82) is 0 Å². The van der Waals surface area contributed by atoms with E-state index in [1.165, 1.54) is 17.0 Å². The average molecular weight is 746 g/mol. The maximum absolute atomic E-state index is 14.6. The number of anilines is 1. The number of amides is 2. The van der Waals surface area contributed by atoms with Crippen LogP contribution in [0.3, 0.4) is 0 Å². The molecule has 2 amide bonds. The number of nitrogens with zero attached hydrogens (tertiary/aromatic N) is 2. The van der Waals surface area contributed by atoms with Crippen molar-refractivity contribution in [2.75, 3.05) is 17.4 Å². The molecule has 11 heteroatoms. The second kappa shape index (κ2) is 16.5. The molecule has 4 aromatic carbocycles. The Morgan fingerprint density at radius 1 is 0.891 bits per heavy atom. The summed E-state index contributed by atoms with van der Waals surface area (Å²) in [7, 11) is -4.22. The molecule has 0 aliphatic heterocycles. The molecule has 4 rings (SSSR count). The minimum Gasteiger partial charge on any atom is -0.354 e. The monoisotopic (exact) mass is 743 g/mol. The first kappa shape index (κ1) is 35.5. The number of aryl methyl sites for hydroxylation is 1. The van der Waals surface area contributed by atoms with Crippen LogP contribution in [0.1, 0.15) is 36.5 Å². The summed E-state index contributed by atoms with van der Waals surface area (Å²) in [6.07, 6.45) is 1.83. The molecule has 1 N–H and O–H groups in total. The van der Waals surface area contributed by atoms with Gasteiger partial charge in [-0.15, -0.1) is 0 Å². The molecule has 4 aromatic rings. The minimum absolute atomic E-state index is 0.0321. The van der Waals surface area contributed by atoms with Crippen LogP contribution in [0.25, 0.3) is 0 Å². The predicted molar refractivity (Wildman–Crippen MR) is 189 cm³/mol. The Morgan fingerprint density at radius 3 is 2.17 bits per heavy atom. The quantitative estimate of drug-likeness (QED) is 0.134. The molecule has 0 radical (unpaired) electrons. The Kier molecular flexibility index (Phi) is 12.7. The Hall–Kier alpha value is -3.37. The van der Waals surface area contributed by atoms with Crippen LogP contribution in [0.2, 0.25) is 10.0 Å². The van der Waals surface area contributed by atoms with E-state index in [2.05, 4.69) is 21.2 Å². The van der Waals surface area contributed by atoms with E-state index in [-0.39, 0.29) is 29.5 Å². The number of unbranched alkanes of at least 4 members (excludes halogenated alkanes) is 1. The highest BCUT2D eigenvalue weighted by Gasteiger charge is 2.35. The van der Waals surface area contributed by atoms with Crippen LogP contribution in [-0.2, 0) is 32.6 Å². The standard InChI is InChI=1S/C35H36BrCl2N3O4S/c1-3-4-20-39-35(43)33(21-26-10-6-5-7-11-26)40(23-30-31(37)14-9-15-32(30)38)34(42)24-41(28-13-8-12-27(36)22-28)46(44,45)29-18-16-25(2)17-19-29/h5-19,22,33H,3-4,20-21,23-24H2,1-2H3,(H,39,43)/t33-/m0/s1. The fraction of sp³-hybridized carbons (Fsp3) is 0.257. The summed E-state index contributed by atoms with van der Waals surface area (Å²) in [5, 5.41) is 3.62. The SMILES string of the molecule is CCCCNC(=O)[C@H](Cc1ccccc1)N(Cc1c(Cl)cccc1Cl)C(=O)CN(c1cccc(Br)c1)S(=O)(=O)c1ccc(C)cc1. The molecular formula is C35H36BrCl2N3O4S. The van der Waals surface area contributed by atoms with Gasteiger partial charge in [0.2, 0.25) is 11.8 Å². The number of hydrogen-bond donors (Lipinski definition) is 1. The topological polar surface area (TPSA) is 86.8 Å². The van der Waals surface area contributed by atoms with Crippen molar-refractivity contribution >= 4 is 66.7 Å². The summed E-state index contributed by atoms with van der Waals surface area (Å²) >= 11 is 16.6. The molecule has 242 valence electrons. The highest BCUT2D eigenvalue weighted by Crippen LogP contribution is 2.30. The van der Waals surface area contributed by atoms with Gasteiger partial charge in [-0.3, -0.25) is 13.9 Å². The predicted octanol–water partition coefficient (Wildman–Crippen LogP) is 7.82. The summed E-state index contributed by atoms with van der Waals surface area (Å²) in [4.78, 5) is 29.9. The Bertz CT molecular complexity index is 1740. The largest absolute Gasteiger partial charge is 0.354 e. The van der Waals surface area contributed by atoms with Crippen LogP contribution in [0.15, 0.2) is 106 Å². The zero-order valence-corrected chi connectivity index (χ0v) is 29.5.